The molecular formula is C18H18N2O3. The fraction of sp³-hybridized carbons (Fsp3) is 0.222. The average molecular weight is 310 g/mol. The second kappa shape index (κ2) is 6.52. The Hall–Kier alpha value is -2.82. The number of nitrogens with zero attached hydrogens (tertiary/aromatic N) is 1. The fourth-order valence-corrected chi connectivity index (χ4v) is 2.39. The lowest BCUT2D eigenvalue weighted by molar-refractivity contribution is 0.0921. The molecule has 0 spiro atoms. The minimum atomic E-state index is -0.223. The Balaban J connectivity index is 1.63. The van der Waals surface area contributed by atoms with E-state index >= 15 is 0 Å². The number of hydrogen-bond acceptors (Lipinski definition) is 4. The molecule has 1 amide bonds. The average Bonchev–Trinajstić information content (AvgIpc) is 3.16. The van der Waals surface area contributed by atoms with Gasteiger partial charge in [-0.2, -0.15) is 0 Å². The van der Waals surface area contributed by atoms with Crippen LogP contribution in [-0.4, -0.2) is 11.1 Å². The summed E-state index contributed by atoms with van der Waals surface area (Å²) in [7, 11) is 0. The maximum absolute atomic E-state index is 12.1. The van der Waals surface area contributed by atoms with Crippen molar-refractivity contribution in [2.45, 2.75) is 26.8 Å². The Morgan fingerprint density at radius 3 is 2.61 bits per heavy atom. The Labute approximate surface area is 134 Å². The van der Waals surface area contributed by atoms with Crippen LogP contribution in [0.2, 0.25) is 0 Å². The van der Waals surface area contributed by atoms with Crippen LogP contribution in [0.5, 0.6) is 0 Å². The van der Waals surface area contributed by atoms with E-state index in [9.17, 15) is 4.79 Å². The first-order chi connectivity index (χ1) is 11.1. The first-order valence-electron chi connectivity index (χ1n) is 7.46. The molecule has 0 radical (unpaired) electrons. The molecule has 0 atom stereocenters. The minimum absolute atomic E-state index is 0.223. The Kier molecular flexibility index (Phi) is 4.28. The summed E-state index contributed by atoms with van der Waals surface area (Å²) in [6, 6.07) is 13.2. The van der Waals surface area contributed by atoms with Gasteiger partial charge in [0.15, 0.2) is 5.76 Å². The lowest BCUT2D eigenvalue weighted by Crippen LogP contribution is -2.22. The topological polar surface area (TPSA) is 68.3 Å². The number of carbonyl (C=O) groups excluding carboxylic acids is 1. The highest BCUT2D eigenvalue weighted by Crippen LogP contribution is 2.19. The van der Waals surface area contributed by atoms with E-state index in [1.165, 1.54) is 0 Å². The third kappa shape index (κ3) is 3.51. The van der Waals surface area contributed by atoms with Crippen LogP contribution in [-0.2, 0) is 13.0 Å². The third-order valence-electron chi connectivity index (χ3n) is 3.71. The molecule has 0 aliphatic heterocycles. The van der Waals surface area contributed by atoms with Gasteiger partial charge in [-0.25, -0.2) is 0 Å². The van der Waals surface area contributed by atoms with Gasteiger partial charge in [0.25, 0.3) is 5.91 Å². The molecule has 0 aliphatic carbocycles. The summed E-state index contributed by atoms with van der Waals surface area (Å²) < 4.78 is 10.8. The SMILES string of the molecule is Cc1noc(C)c1Cc1ccc(C(=O)NCc2ccccc2)o1. The molecule has 2 heterocycles. The molecule has 1 N–H and O–H groups in total. The van der Waals surface area contributed by atoms with Crippen LogP contribution < -0.4 is 5.32 Å². The van der Waals surface area contributed by atoms with Crippen molar-refractivity contribution in [2.75, 3.05) is 0 Å². The molecule has 0 aliphatic rings. The van der Waals surface area contributed by atoms with E-state index in [1.807, 2.05) is 50.2 Å². The highest BCUT2D eigenvalue weighted by molar-refractivity contribution is 5.91. The van der Waals surface area contributed by atoms with Crippen molar-refractivity contribution in [1.82, 2.24) is 10.5 Å². The van der Waals surface area contributed by atoms with E-state index in [-0.39, 0.29) is 5.91 Å². The molecule has 0 bridgehead atoms. The van der Waals surface area contributed by atoms with Gasteiger partial charge in [-0.05, 0) is 31.5 Å². The number of benzene rings is 1. The van der Waals surface area contributed by atoms with E-state index in [4.69, 9.17) is 8.94 Å². The summed E-state index contributed by atoms with van der Waals surface area (Å²) in [5, 5.41) is 6.77. The maximum Gasteiger partial charge on any atom is 0.287 e. The van der Waals surface area contributed by atoms with Gasteiger partial charge in [0.2, 0.25) is 0 Å². The summed E-state index contributed by atoms with van der Waals surface area (Å²) in [4.78, 5) is 12.1. The fourth-order valence-electron chi connectivity index (χ4n) is 2.39. The third-order valence-corrected chi connectivity index (χ3v) is 3.71. The molecule has 5 heteroatoms. The molecule has 0 saturated carbocycles. The van der Waals surface area contributed by atoms with Crippen molar-refractivity contribution in [2.24, 2.45) is 0 Å². The van der Waals surface area contributed by atoms with Crippen molar-refractivity contribution in [3.05, 3.63) is 76.6 Å². The number of nitrogens with one attached hydrogen (secondary N) is 1. The standard InChI is InChI=1S/C18H18N2O3/c1-12-16(13(2)23-20-12)10-15-8-9-17(22-15)18(21)19-11-14-6-4-3-5-7-14/h3-9H,10-11H2,1-2H3,(H,19,21). The van der Waals surface area contributed by atoms with Gasteiger partial charge in [0, 0.05) is 18.5 Å². The summed E-state index contributed by atoms with van der Waals surface area (Å²) in [6.07, 6.45) is 0.563. The number of amides is 1. The van der Waals surface area contributed by atoms with Crippen LogP contribution in [0.4, 0.5) is 0 Å². The Morgan fingerprint density at radius 1 is 1.13 bits per heavy atom. The first kappa shape index (κ1) is 15.1. The van der Waals surface area contributed by atoms with Gasteiger partial charge in [0.1, 0.15) is 11.5 Å². The van der Waals surface area contributed by atoms with Gasteiger partial charge in [-0.3, -0.25) is 4.79 Å². The van der Waals surface area contributed by atoms with E-state index in [0.717, 1.165) is 22.6 Å². The molecular weight excluding hydrogens is 292 g/mol. The molecule has 0 unspecified atom stereocenters. The molecule has 118 valence electrons. The number of carbonyl (C=O) groups is 1. The van der Waals surface area contributed by atoms with Crippen molar-refractivity contribution < 1.29 is 13.7 Å². The highest BCUT2D eigenvalue weighted by Gasteiger charge is 2.15. The maximum atomic E-state index is 12.1. The molecule has 5 nitrogen and oxygen atoms in total. The number of aromatic nitrogens is 1. The van der Waals surface area contributed by atoms with Gasteiger partial charge in [-0.15, -0.1) is 0 Å². The van der Waals surface area contributed by atoms with Crippen LogP contribution in [0.15, 0.2) is 51.4 Å². The summed E-state index contributed by atoms with van der Waals surface area (Å²) in [6.45, 7) is 4.23. The van der Waals surface area contributed by atoms with E-state index in [0.29, 0.717) is 24.5 Å². The number of hydrogen-bond donors (Lipinski definition) is 1. The quantitative estimate of drug-likeness (QED) is 0.784. The molecule has 3 rings (SSSR count). The zero-order chi connectivity index (χ0) is 16.2. The lowest BCUT2D eigenvalue weighted by Gasteiger charge is -2.03. The van der Waals surface area contributed by atoms with Crippen LogP contribution in [0.3, 0.4) is 0 Å². The minimum Gasteiger partial charge on any atom is -0.456 e. The molecule has 0 fully saturated rings. The van der Waals surface area contributed by atoms with E-state index in [2.05, 4.69) is 10.5 Å². The molecule has 0 saturated heterocycles. The van der Waals surface area contributed by atoms with Crippen LogP contribution in [0, 0.1) is 13.8 Å². The van der Waals surface area contributed by atoms with Crippen molar-refractivity contribution in [3.8, 4) is 0 Å². The summed E-state index contributed by atoms with van der Waals surface area (Å²) >= 11 is 0. The van der Waals surface area contributed by atoms with Crippen LogP contribution in [0.25, 0.3) is 0 Å². The second-order valence-electron chi connectivity index (χ2n) is 5.41. The monoisotopic (exact) mass is 310 g/mol. The highest BCUT2D eigenvalue weighted by atomic mass is 16.5. The van der Waals surface area contributed by atoms with Crippen LogP contribution >= 0.6 is 0 Å². The first-order valence-corrected chi connectivity index (χ1v) is 7.46. The zero-order valence-electron chi connectivity index (χ0n) is 13.1. The van der Waals surface area contributed by atoms with Gasteiger partial charge < -0.3 is 14.3 Å². The second-order valence-corrected chi connectivity index (χ2v) is 5.41. The van der Waals surface area contributed by atoms with Crippen molar-refractivity contribution in [3.63, 3.8) is 0 Å². The van der Waals surface area contributed by atoms with Crippen molar-refractivity contribution >= 4 is 5.91 Å². The van der Waals surface area contributed by atoms with Gasteiger partial charge in [-0.1, -0.05) is 35.5 Å². The van der Waals surface area contributed by atoms with Crippen molar-refractivity contribution in [1.29, 1.82) is 0 Å². The number of furan rings is 1. The van der Waals surface area contributed by atoms with Gasteiger partial charge in [0.05, 0.1) is 5.69 Å². The lowest BCUT2D eigenvalue weighted by atomic mass is 10.1. The molecule has 1 aromatic carbocycles. The molecule has 3 aromatic rings. The molecule has 2 aromatic heterocycles. The predicted molar refractivity (Wildman–Crippen MR) is 85.1 cm³/mol. The van der Waals surface area contributed by atoms with Crippen LogP contribution in [0.1, 0.15) is 38.9 Å². The predicted octanol–water partition coefficient (Wildman–Crippen LogP) is 3.41. The Morgan fingerprint density at radius 2 is 1.91 bits per heavy atom. The normalized spacial score (nSPS) is 10.7. The smallest absolute Gasteiger partial charge is 0.287 e. The largest absolute Gasteiger partial charge is 0.456 e. The summed E-state index contributed by atoms with van der Waals surface area (Å²) in [5.74, 6) is 1.57. The van der Waals surface area contributed by atoms with E-state index in [1.54, 1.807) is 6.07 Å². The Bertz CT molecular complexity index is 783. The van der Waals surface area contributed by atoms with E-state index < -0.39 is 0 Å². The molecule has 23 heavy (non-hydrogen) atoms. The number of rotatable bonds is 5. The summed E-state index contributed by atoms with van der Waals surface area (Å²) in [5.41, 5.74) is 2.88. The number of aryl methyl sites for hydroxylation is 2. The zero-order valence-corrected chi connectivity index (χ0v) is 13.1. The van der Waals surface area contributed by atoms with Gasteiger partial charge >= 0.3 is 0 Å².